The van der Waals surface area contributed by atoms with Crippen LogP contribution in [0.1, 0.15) is 50.4 Å². The Bertz CT molecular complexity index is 669. The summed E-state index contributed by atoms with van der Waals surface area (Å²) in [5.41, 5.74) is 4.49. The predicted octanol–water partition coefficient (Wildman–Crippen LogP) is 4.93. The third kappa shape index (κ3) is 2.26. The molecule has 2 bridgehead atoms. The van der Waals surface area contributed by atoms with E-state index in [1.54, 1.807) is 18.2 Å². The molecule has 118 valence electrons. The van der Waals surface area contributed by atoms with Crippen LogP contribution in [0.5, 0.6) is 0 Å². The van der Waals surface area contributed by atoms with Crippen LogP contribution >= 0.6 is 23.2 Å². The summed E-state index contributed by atoms with van der Waals surface area (Å²) in [5.74, 6) is 0.366. The average Bonchev–Trinajstić information content (AvgIpc) is 2.77. The van der Waals surface area contributed by atoms with Crippen LogP contribution in [0.3, 0.4) is 0 Å². The molecule has 5 heteroatoms. The van der Waals surface area contributed by atoms with E-state index in [2.05, 4.69) is 31.3 Å². The Kier molecular flexibility index (Phi) is 3.77. The Hall–Kier alpha value is -1.06. The van der Waals surface area contributed by atoms with E-state index in [0.717, 1.165) is 18.6 Å². The second-order valence-electron chi connectivity index (χ2n) is 7.12. The van der Waals surface area contributed by atoms with Crippen molar-refractivity contribution in [1.82, 2.24) is 5.43 Å². The molecule has 1 amide bonds. The van der Waals surface area contributed by atoms with E-state index in [0.29, 0.717) is 21.5 Å². The van der Waals surface area contributed by atoms with Crippen molar-refractivity contribution in [2.75, 3.05) is 0 Å². The average molecular weight is 339 g/mol. The van der Waals surface area contributed by atoms with Gasteiger partial charge >= 0.3 is 0 Å². The number of hydrogen-bond donors (Lipinski definition) is 1. The van der Waals surface area contributed by atoms with Crippen molar-refractivity contribution in [3.8, 4) is 0 Å². The number of carbonyl (C=O) groups excluding carboxylic acids is 1. The van der Waals surface area contributed by atoms with Crippen LogP contribution in [0.15, 0.2) is 23.3 Å². The fourth-order valence-electron chi connectivity index (χ4n) is 3.95. The van der Waals surface area contributed by atoms with E-state index >= 15 is 0 Å². The van der Waals surface area contributed by atoms with Crippen LogP contribution in [0.4, 0.5) is 0 Å². The molecular weight excluding hydrogens is 319 g/mol. The zero-order chi connectivity index (χ0) is 16.1. The first-order chi connectivity index (χ1) is 10.3. The number of nitrogens with zero attached hydrogens (tertiary/aromatic N) is 1. The molecule has 3 rings (SSSR count). The van der Waals surface area contributed by atoms with Gasteiger partial charge in [0.05, 0.1) is 10.6 Å². The predicted molar refractivity (Wildman–Crippen MR) is 90.6 cm³/mol. The first-order valence-corrected chi connectivity index (χ1v) is 8.34. The molecule has 0 radical (unpaired) electrons. The Labute approximate surface area is 141 Å². The molecule has 1 aromatic carbocycles. The number of fused-ring (bicyclic) bond motifs is 2. The number of halogens is 2. The van der Waals surface area contributed by atoms with Gasteiger partial charge in [0.15, 0.2) is 0 Å². The molecule has 22 heavy (non-hydrogen) atoms. The van der Waals surface area contributed by atoms with Crippen molar-refractivity contribution >= 4 is 34.8 Å². The van der Waals surface area contributed by atoms with Crippen molar-refractivity contribution in [2.24, 2.45) is 21.8 Å². The third-order valence-electron chi connectivity index (χ3n) is 5.98. The summed E-state index contributed by atoms with van der Waals surface area (Å²) in [7, 11) is 0. The summed E-state index contributed by atoms with van der Waals surface area (Å²) < 4.78 is 0. The van der Waals surface area contributed by atoms with Gasteiger partial charge in [-0.3, -0.25) is 4.79 Å². The van der Waals surface area contributed by atoms with Crippen LogP contribution in [0, 0.1) is 16.7 Å². The summed E-state index contributed by atoms with van der Waals surface area (Å²) in [4.78, 5) is 12.3. The highest BCUT2D eigenvalue weighted by atomic mass is 35.5. The van der Waals surface area contributed by atoms with Crippen molar-refractivity contribution in [1.29, 1.82) is 0 Å². The van der Waals surface area contributed by atoms with Crippen LogP contribution in [0.2, 0.25) is 10.0 Å². The molecule has 2 atom stereocenters. The van der Waals surface area contributed by atoms with E-state index in [1.165, 1.54) is 6.42 Å². The van der Waals surface area contributed by atoms with Crippen molar-refractivity contribution < 1.29 is 4.79 Å². The number of hydrogen-bond acceptors (Lipinski definition) is 2. The summed E-state index contributed by atoms with van der Waals surface area (Å²) in [6.45, 7) is 6.89. The second kappa shape index (κ2) is 5.24. The smallest absolute Gasteiger partial charge is 0.267 e. The highest BCUT2D eigenvalue weighted by Gasteiger charge is 2.60. The lowest BCUT2D eigenvalue weighted by Crippen LogP contribution is -2.34. The Balaban J connectivity index is 1.79. The summed E-state index contributed by atoms with van der Waals surface area (Å²) >= 11 is 11.9. The maximum atomic E-state index is 12.3. The molecule has 3 nitrogen and oxygen atoms in total. The largest absolute Gasteiger partial charge is 0.272 e. The number of benzene rings is 1. The highest BCUT2D eigenvalue weighted by molar-refractivity contribution is 6.36. The van der Waals surface area contributed by atoms with Gasteiger partial charge in [-0.15, -0.1) is 0 Å². The van der Waals surface area contributed by atoms with E-state index in [9.17, 15) is 4.79 Å². The molecule has 0 aliphatic heterocycles. The van der Waals surface area contributed by atoms with Crippen LogP contribution in [-0.4, -0.2) is 11.6 Å². The molecule has 2 aliphatic carbocycles. The monoisotopic (exact) mass is 338 g/mol. The standard InChI is InChI=1S/C17H20Cl2N2O/c1-16(2)10-6-7-17(16,3)14(8-10)20-21-15(22)12-5-4-11(18)9-13(12)19/h4-5,9-10H,6-8H2,1-3H3,(H,21,22)/b20-14-/t10-,17+/m1/s1. The van der Waals surface area contributed by atoms with Gasteiger partial charge in [-0.25, -0.2) is 5.43 Å². The number of hydrazone groups is 1. The van der Waals surface area contributed by atoms with Gasteiger partial charge < -0.3 is 0 Å². The minimum atomic E-state index is -0.293. The van der Waals surface area contributed by atoms with Crippen molar-refractivity contribution in [2.45, 2.75) is 40.0 Å². The van der Waals surface area contributed by atoms with Crippen molar-refractivity contribution in [3.05, 3.63) is 33.8 Å². The number of amides is 1. The zero-order valence-electron chi connectivity index (χ0n) is 13.0. The summed E-state index contributed by atoms with van der Waals surface area (Å²) in [6, 6.07) is 4.83. The molecule has 2 fully saturated rings. The normalized spacial score (nSPS) is 30.8. The minimum Gasteiger partial charge on any atom is -0.267 e. The maximum Gasteiger partial charge on any atom is 0.272 e. The first-order valence-electron chi connectivity index (χ1n) is 7.58. The number of nitrogens with one attached hydrogen (secondary N) is 1. The van der Waals surface area contributed by atoms with Gasteiger partial charge in [-0.05, 0) is 48.8 Å². The Morgan fingerprint density at radius 3 is 2.59 bits per heavy atom. The van der Waals surface area contributed by atoms with Gasteiger partial charge in [0.2, 0.25) is 0 Å². The van der Waals surface area contributed by atoms with E-state index in [1.807, 2.05) is 0 Å². The molecule has 0 aromatic heterocycles. The SMILES string of the molecule is CC1(C)[C@@H]2CC[C@@]1(C)/C(=N\NC(=O)c1ccc(Cl)cc1Cl)C2. The molecule has 0 heterocycles. The lowest BCUT2D eigenvalue weighted by molar-refractivity contribution is 0.0954. The second-order valence-corrected chi connectivity index (χ2v) is 7.96. The van der Waals surface area contributed by atoms with Gasteiger partial charge in [-0.2, -0.15) is 5.10 Å². The molecule has 1 aromatic rings. The molecular formula is C17H20Cl2N2O. The van der Waals surface area contributed by atoms with E-state index in [-0.39, 0.29) is 16.7 Å². The quantitative estimate of drug-likeness (QED) is 0.763. The van der Waals surface area contributed by atoms with Gasteiger partial charge in [-0.1, -0.05) is 44.0 Å². The Morgan fingerprint density at radius 2 is 2.05 bits per heavy atom. The van der Waals surface area contributed by atoms with Gasteiger partial charge in [0.25, 0.3) is 5.91 Å². The molecule has 0 saturated heterocycles. The van der Waals surface area contributed by atoms with E-state index in [4.69, 9.17) is 23.2 Å². The van der Waals surface area contributed by atoms with Crippen molar-refractivity contribution in [3.63, 3.8) is 0 Å². The summed E-state index contributed by atoms with van der Waals surface area (Å²) in [6.07, 6.45) is 3.36. The highest BCUT2D eigenvalue weighted by Crippen LogP contribution is 2.63. The molecule has 0 unspecified atom stereocenters. The van der Waals surface area contributed by atoms with Gasteiger partial charge in [0.1, 0.15) is 0 Å². The maximum absolute atomic E-state index is 12.3. The topological polar surface area (TPSA) is 41.5 Å². The molecule has 2 aliphatic rings. The fraction of sp³-hybridized carbons (Fsp3) is 0.529. The molecule has 0 spiro atoms. The fourth-order valence-corrected chi connectivity index (χ4v) is 4.44. The van der Waals surface area contributed by atoms with Crippen LogP contribution < -0.4 is 5.43 Å². The molecule has 2 saturated carbocycles. The van der Waals surface area contributed by atoms with Crippen LogP contribution in [0.25, 0.3) is 0 Å². The number of rotatable bonds is 2. The zero-order valence-corrected chi connectivity index (χ0v) is 14.6. The van der Waals surface area contributed by atoms with E-state index < -0.39 is 0 Å². The lowest BCUT2D eigenvalue weighted by Gasteiger charge is -2.34. The lowest BCUT2D eigenvalue weighted by atomic mass is 9.70. The Morgan fingerprint density at radius 1 is 1.32 bits per heavy atom. The summed E-state index contributed by atoms with van der Waals surface area (Å²) in [5, 5.41) is 5.29. The van der Waals surface area contributed by atoms with Gasteiger partial charge in [0, 0.05) is 16.1 Å². The first kappa shape index (κ1) is 15.8. The third-order valence-corrected chi connectivity index (χ3v) is 6.53. The van der Waals surface area contributed by atoms with Crippen LogP contribution in [-0.2, 0) is 0 Å². The minimum absolute atomic E-state index is 0.0781. The number of carbonyl (C=O) groups is 1. The molecule has 1 N–H and O–H groups in total.